The smallest absolute Gasteiger partial charge is 0.252 e. The molecule has 1 aromatic carbocycles. The van der Waals surface area contributed by atoms with Gasteiger partial charge in [-0.1, -0.05) is 26.0 Å². The number of carbonyl (C=O) groups excluding carboxylic acids is 1. The fourth-order valence-corrected chi connectivity index (χ4v) is 2.55. The second-order valence-corrected chi connectivity index (χ2v) is 6.64. The van der Waals surface area contributed by atoms with Crippen molar-refractivity contribution < 1.29 is 13.6 Å². The lowest BCUT2D eigenvalue weighted by molar-refractivity contribution is 0.0953. The largest absolute Gasteiger partial charge is 0.425 e. The molecule has 1 N–H and O–H groups in total. The molecule has 0 unspecified atom stereocenters. The van der Waals surface area contributed by atoms with E-state index in [1.807, 2.05) is 0 Å². The second kappa shape index (κ2) is 8.53. The van der Waals surface area contributed by atoms with Gasteiger partial charge in [0.25, 0.3) is 5.91 Å². The van der Waals surface area contributed by atoms with Crippen molar-refractivity contribution in [3.63, 3.8) is 0 Å². The normalized spacial score (nSPS) is 11.0. The van der Waals surface area contributed by atoms with E-state index in [9.17, 15) is 9.18 Å². The maximum atomic E-state index is 13.3. The van der Waals surface area contributed by atoms with E-state index < -0.39 is 0 Å². The Morgan fingerprint density at radius 1 is 1.19 bits per heavy atom. The minimum absolute atomic E-state index is 0.241. The molecule has 27 heavy (non-hydrogen) atoms. The molecular weight excluding hydrogens is 347 g/mol. The van der Waals surface area contributed by atoms with E-state index in [-0.39, 0.29) is 11.7 Å². The molecule has 0 aliphatic rings. The number of nitrogens with zero attached hydrogens (tertiary/aromatic N) is 3. The molecule has 140 valence electrons. The van der Waals surface area contributed by atoms with Crippen LogP contribution in [-0.2, 0) is 12.8 Å². The maximum Gasteiger partial charge on any atom is 0.252 e. The summed E-state index contributed by atoms with van der Waals surface area (Å²) in [5.41, 5.74) is 1.70. The van der Waals surface area contributed by atoms with Gasteiger partial charge in [0.15, 0.2) is 0 Å². The number of carbonyl (C=O) groups is 1. The molecule has 3 aromatic rings. The highest BCUT2D eigenvalue weighted by atomic mass is 19.1. The fraction of sp³-hybridized carbons (Fsp3) is 0.300. The van der Waals surface area contributed by atoms with Crippen LogP contribution in [0.4, 0.5) is 4.39 Å². The first-order chi connectivity index (χ1) is 13.0. The Kier molecular flexibility index (Phi) is 5.90. The lowest BCUT2D eigenvalue weighted by Crippen LogP contribution is -2.25. The summed E-state index contributed by atoms with van der Waals surface area (Å²) in [6.07, 6.45) is 2.68. The molecule has 7 heteroatoms. The van der Waals surface area contributed by atoms with Gasteiger partial charge < -0.3 is 9.73 Å². The molecule has 0 aliphatic heterocycles. The minimum atomic E-state index is -0.325. The van der Waals surface area contributed by atoms with Gasteiger partial charge in [-0.15, -0.1) is 10.2 Å². The number of hydrogen-bond donors (Lipinski definition) is 1. The van der Waals surface area contributed by atoms with E-state index in [1.54, 1.807) is 24.3 Å². The first-order valence-electron chi connectivity index (χ1n) is 8.82. The van der Waals surface area contributed by atoms with Crippen molar-refractivity contribution in [3.05, 3.63) is 65.8 Å². The van der Waals surface area contributed by atoms with Gasteiger partial charge in [-0.25, -0.2) is 4.39 Å². The van der Waals surface area contributed by atoms with Crippen molar-refractivity contribution in [3.8, 4) is 11.3 Å². The van der Waals surface area contributed by atoms with Crippen molar-refractivity contribution in [1.82, 2.24) is 20.5 Å². The first-order valence-corrected chi connectivity index (χ1v) is 8.82. The molecule has 2 heterocycles. The number of nitrogens with one attached hydrogen (secondary N) is 1. The molecule has 0 saturated carbocycles. The molecule has 0 atom stereocenters. The van der Waals surface area contributed by atoms with E-state index in [0.717, 1.165) is 6.42 Å². The van der Waals surface area contributed by atoms with E-state index in [1.165, 1.54) is 18.3 Å². The Morgan fingerprint density at radius 2 is 2.00 bits per heavy atom. The molecule has 0 radical (unpaired) electrons. The fourth-order valence-electron chi connectivity index (χ4n) is 2.55. The van der Waals surface area contributed by atoms with Crippen molar-refractivity contribution in [1.29, 1.82) is 0 Å². The molecule has 0 aliphatic carbocycles. The molecule has 3 rings (SSSR count). The van der Waals surface area contributed by atoms with Crippen LogP contribution in [0.15, 0.2) is 47.0 Å². The predicted molar refractivity (Wildman–Crippen MR) is 98.5 cm³/mol. The average Bonchev–Trinajstić information content (AvgIpc) is 3.08. The van der Waals surface area contributed by atoms with Gasteiger partial charge in [0.05, 0.1) is 11.3 Å². The monoisotopic (exact) mass is 368 g/mol. The number of rotatable bonds is 7. The van der Waals surface area contributed by atoms with E-state index in [2.05, 4.69) is 34.3 Å². The van der Waals surface area contributed by atoms with Gasteiger partial charge in [-0.3, -0.25) is 9.78 Å². The van der Waals surface area contributed by atoms with Gasteiger partial charge in [0.1, 0.15) is 5.82 Å². The van der Waals surface area contributed by atoms with Gasteiger partial charge in [-0.2, -0.15) is 0 Å². The SMILES string of the molecule is CC(C)Cc1nnc(CCNC(=O)c2ccc(-c3cccc(F)c3)nc2)o1. The number of amides is 1. The number of aromatic nitrogens is 3. The Balaban J connectivity index is 1.53. The number of pyridine rings is 1. The quantitative estimate of drug-likeness (QED) is 0.691. The minimum Gasteiger partial charge on any atom is -0.425 e. The van der Waals surface area contributed by atoms with Gasteiger partial charge in [0.2, 0.25) is 11.8 Å². The summed E-state index contributed by atoms with van der Waals surface area (Å²) >= 11 is 0. The molecule has 0 fully saturated rings. The van der Waals surface area contributed by atoms with Gasteiger partial charge in [-0.05, 0) is 30.2 Å². The third-order valence-corrected chi connectivity index (χ3v) is 3.86. The van der Waals surface area contributed by atoms with Crippen LogP contribution >= 0.6 is 0 Å². The van der Waals surface area contributed by atoms with Crippen LogP contribution < -0.4 is 5.32 Å². The standard InChI is InChI=1S/C20H21FN4O2/c1-13(2)10-19-25-24-18(27-19)8-9-22-20(26)15-6-7-17(23-12-15)14-4-3-5-16(21)11-14/h3-7,11-13H,8-10H2,1-2H3,(H,22,26). The Labute approximate surface area is 156 Å². The van der Waals surface area contributed by atoms with Crippen LogP contribution in [0, 0.1) is 11.7 Å². The third kappa shape index (κ3) is 5.20. The molecule has 0 spiro atoms. The average molecular weight is 368 g/mol. The van der Waals surface area contributed by atoms with Gasteiger partial charge in [0, 0.05) is 31.1 Å². The number of benzene rings is 1. The summed E-state index contributed by atoms with van der Waals surface area (Å²) in [6.45, 7) is 4.54. The highest BCUT2D eigenvalue weighted by molar-refractivity contribution is 5.94. The lowest BCUT2D eigenvalue weighted by Gasteiger charge is -2.05. The van der Waals surface area contributed by atoms with Crippen molar-refractivity contribution >= 4 is 5.91 Å². The van der Waals surface area contributed by atoms with E-state index >= 15 is 0 Å². The van der Waals surface area contributed by atoms with E-state index in [0.29, 0.717) is 47.5 Å². The summed E-state index contributed by atoms with van der Waals surface area (Å²) in [7, 11) is 0. The summed E-state index contributed by atoms with van der Waals surface area (Å²) in [5, 5.41) is 10.8. The van der Waals surface area contributed by atoms with Crippen molar-refractivity contribution in [2.45, 2.75) is 26.7 Å². The summed E-state index contributed by atoms with van der Waals surface area (Å²) in [6, 6.07) is 9.52. The molecular formula is C20H21FN4O2. The van der Waals surface area contributed by atoms with Gasteiger partial charge >= 0.3 is 0 Å². The molecule has 2 aromatic heterocycles. The predicted octanol–water partition coefficient (Wildman–Crippen LogP) is 3.44. The Morgan fingerprint density at radius 3 is 2.70 bits per heavy atom. The maximum absolute atomic E-state index is 13.3. The summed E-state index contributed by atoms with van der Waals surface area (Å²) < 4.78 is 18.8. The summed E-state index contributed by atoms with van der Waals surface area (Å²) in [4.78, 5) is 16.4. The number of hydrogen-bond acceptors (Lipinski definition) is 5. The van der Waals surface area contributed by atoms with Crippen LogP contribution in [0.2, 0.25) is 0 Å². The Hall–Kier alpha value is -3.09. The van der Waals surface area contributed by atoms with Crippen LogP contribution in [0.25, 0.3) is 11.3 Å². The summed E-state index contributed by atoms with van der Waals surface area (Å²) in [5.74, 6) is 0.999. The van der Waals surface area contributed by atoms with Crippen molar-refractivity contribution in [2.24, 2.45) is 5.92 Å². The highest BCUT2D eigenvalue weighted by Gasteiger charge is 2.10. The molecule has 1 amide bonds. The highest BCUT2D eigenvalue weighted by Crippen LogP contribution is 2.18. The van der Waals surface area contributed by atoms with Crippen LogP contribution in [0.3, 0.4) is 0 Å². The topological polar surface area (TPSA) is 80.9 Å². The zero-order valence-corrected chi connectivity index (χ0v) is 15.3. The van der Waals surface area contributed by atoms with Crippen LogP contribution in [0.1, 0.15) is 36.0 Å². The Bertz CT molecular complexity index is 906. The van der Waals surface area contributed by atoms with Crippen molar-refractivity contribution in [2.75, 3.05) is 6.54 Å². The zero-order valence-electron chi connectivity index (χ0n) is 15.3. The van der Waals surface area contributed by atoms with Crippen LogP contribution in [0.5, 0.6) is 0 Å². The number of halogens is 1. The first kappa shape index (κ1) is 18.7. The zero-order chi connectivity index (χ0) is 19.2. The second-order valence-electron chi connectivity index (χ2n) is 6.64. The molecule has 6 nitrogen and oxygen atoms in total. The van der Waals surface area contributed by atoms with E-state index in [4.69, 9.17) is 4.42 Å². The molecule has 0 bridgehead atoms. The third-order valence-electron chi connectivity index (χ3n) is 3.86. The molecule has 0 saturated heterocycles. The lowest BCUT2D eigenvalue weighted by atomic mass is 10.1. The van der Waals surface area contributed by atoms with Crippen LogP contribution in [-0.4, -0.2) is 27.6 Å².